The predicted octanol–water partition coefficient (Wildman–Crippen LogP) is 3.55. The molecule has 0 unspecified atom stereocenters. The van der Waals surface area contributed by atoms with Crippen LogP contribution in [0.3, 0.4) is 0 Å². The fourth-order valence-corrected chi connectivity index (χ4v) is 5.29. The van der Waals surface area contributed by atoms with Gasteiger partial charge in [0.05, 0.1) is 5.75 Å². The van der Waals surface area contributed by atoms with E-state index in [2.05, 4.69) is 30.5 Å². The van der Waals surface area contributed by atoms with E-state index in [9.17, 15) is 9.59 Å². The molecule has 27 heavy (non-hydrogen) atoms. The molecule has 0 aliphatic carbocycles. The number of aromatic nitrogens is 1. The number of pyridine rings is 1. The molecule has 3 heterocycles. The number of piperidine rings is 1. The number of benzene rings is 1. The zero-order valence-electron chi connectivity index (χ0n) is 15.7. The SMILES string of the molecule is CSCC(=O)N1C[C@@H]2C[C@H](C1)c1c(-c3ccc(SC)cc3)ccc(=O)n1C2. The topological polar surface area (TPSA) is 42.3 Å². The molecule has 2 aliphatic heterocycles. The van der Waals surface area contributed by atoms with Crippen molar-refractivity contribution in [3.8, 4) is 11.1 Å². The van der Waals surface area contributed by atoms with Crippen molar-refractivity contribution in [2.75, 3.05) is 31.4 Å². The molecule has 2 aromatic rings. The Labute approximate surface area is 168 Å². The number of nitrogens with zero attached hydrogens (tertiary/aromatic N) is 2. The van der Waals surface area contributed by atoms with Gasteiger partial charge in [-0.25, -0.2) is 0 Å². The molecule has 0 radical (unpaired) electrons. The smallest absolute Gasteiger partial charge is 0.250 e. The third-order valence-corrected chi connectivity index (χ3v) is 6.89. The summed E-state index contributed by atoms with van der Waals surface area (Å²) in [6.07, 6.45) is 5.09. The Hall–Kier alpha value is -1.66. The first kappa shape index (κ1) is 18.7. The summed E-state index contributed by atoms with van der Waals surface area (Å²) >= 11 is 3.30. The molecule has 1 aromatic carbocycles. The number of thioether (sulfide) groups is 2. The van der Waals surface area contributed by atoms with Crippen LogP contribution in [-0.2, 0) is 11.3 Å². The summed E-state index contributed by atoms with van der Waals surface area (Å²) in [5.41, 5.74) is 3.46. The molecular formula is C21H24N2O2S2. The summed E-state index contributed by atoms with van der Waals surface area (Å²) in [7, 11) is 0. The standard InChI is InChI=1S/C21H24N2O2S2/c1-26-13-20(25)22-10-14-9-16(12-22)21-18(7-8-19(24)23(21)11-14)15-3-5-17(27-2)6-4-15/h3-8,14,16H,9-13H2,1-2H3/t14-,16+/m0/s1. The van der Waals surface area contributed by atoms with Gasteiger partial charge >= 0.3 is 0 Å². The van der Waals surface area contributed by atoms with E-state index >= 15 is 0 Å². The third-order valence-electron chi connectivity index (χ3n) is 5.61. The summed E-state index contributed by atoms with van der Waals surface area (Å²) in [5.74, 6) is 1.35. The van der Waals surface area contributed by atoms with Gasteiger partial charge in [-0.05, 0) is 48.6 Å². The summed E-state index contributed by atoms with van der Waals surface area (Å²) in [6, 6.07) is 12.2. The van der Waals surface area contributed by atoms with Crippen molar-refractivity contribution in [1.29, 1.82) is 0 Å². The molecular weight excluding hydrogens is 376 g/mol. The first-order valence-corrected chi connectivity index (χ1v) is 11.9. The lowest BCUT2D eigenvalue weighted by Crippen LogP contribution is -2.49. The van der Waals surface area contributed by atoms with Gasteiger partial charge in [-0.3, -0.25) is 9.59 Å². The van der Waals surface area contributed by atoms with Crippen LogP contribution in [0.15, 0.2) is 46.1 Å². The van der Waals surface area contributed by atoms with Gasteiger partial charge in [-0.15, -0.1) is 11.8 Å². The predicted molar refractivity (Wildman–Crippen MR) is 114 cm³/mol. The van der Waals surface area contributed by atoms with E-state index in [1.807, 2.05) is 21.8 Å². The molecule has 1 fully saturated rings. The largest absolute Gasteiger partial charge is 0.341 e. The van der Waals surface area contributed by atoms with Crippen molar-refractivity contribution in [1.82, 2.24) is 9.47 Å². The molecule has 1 aromatic heterocycles. The zero-order valence-corrected chi connectivity index (χ0v) is 17.3. The number of carbonyl (C=O) groups excluding carboxylic acids is 1. The van der Waals surface area contributed by atoms with Crippen LogP contribution < -0.4 is 5.56 Å². The van der Waals surface area contributed by atoms with Gasteiger partial charge in [-0.2, -0.15) is 11.8 Å². The van der Waals surface area contributed by atoms with Crippen LogP contribution in [-0.4, -0.2) is 46.7 Å². The van der Waals surface area contributed by atoms with E-state index in [0.717, 1.165) is 36.3 Å². The van der Waals surface area contributed by atoms with Gasteiger partial charge in [0.1, 0.15) is 0 Å². The van der Waals surface area contributed by atoms with Crippen LogP contribution >= 0.6 is 23.5 Å². The molecule has 0 N–H and O–H groups in total. The van der Waals surface area contributed by atoms with Crippen molar-refractivity contribution >= 4 is 29.4 Å². The van der Waals surface area contributed by atoms with Gasteiger partial charge in [0.15, 0.2) is 0 Å². The first-order chi connectivity index (χ1) is 13.1. The second kappa shape index (κ2) is 7.76. The van der Waals surface area contributed by atoms with Gasteiger partial charge < -0.3 is 9.47 Å². The molecule has 4 rings (SSSR count). The highest BCUT2D eigenvalue weighted by Gasteiger charge is 2.37. The Morgan fingerprint density at radius 3 is 2.56 bits per heavy atom. The van der Waals surface area contributed by atoms with Crippen molar-refractivity contribution in [2.45, 2.75) is 23.8 Å². The number of likely N-dealkylation sites (tertiary alicyclic amines) is 1. The molecule has 142 valence electrons. The number of fused-ring (bicyclic) bond motifs is 4. The minimum absolute atomic E-state index is 0.0769. The lowest BCUT2D eigenvalue weighted by Gasteiger charge is -2.43. The molecule has 1 amide bonds. The molecule has 0 saturated carbocycles. The molecule has 0 spiro atoms. The van der Waals surface area contributed by atoms with Crippen molar-refractivity contribution in [3.63, 3.8) is 0 Å². The maximum absolute atomic E-state index is 12.6. The van der Waals surface area contributed by atoms with Crippen LogP contribution in [0.1, 0.15) is 18.0 Å². The van der Waals surface area contributed by atoms with Crippen LogP contribution in [0, 0.1) is 5.92 Å². The van der Waals surface area contributed by atoms with Crippen LogP contribution in [0.25, 0.3) is 11.1 Å². The third kappa shape index (κ3) is 3.57. The summed E-state index contributed by atoms with van der Waals surface area (Å²) in [4.78, 5) is 28.3. The molecule has 6 heteroatoms. The average Bonchev–Trinajstić information content (AvgIpc) is 2.69. The molecule has 2 atom stereocenters. The Morgan fingerprint density at radius 1 is 1.07 bits per heavy atom. The van der Waals surface area contributed by atoms with Crippen LogP contribution in [0.5, 0.6) is 0 Å². The highest BCUT2D eigenvalue weighted by Crippen LogP contribution is 2.40. The normalized spacial score (nSPS) is 21.0. The second-order valence-electron chi connectivity index (χ2n) is 7.34. The lowest BCUT2D eigenvalue weighted by atomic mass is 9.80. The lowest BCUT2D eigenvalue weighted by molar-refractivity contribution is -0.131. The van der Waals surface area contributed by atoms with Crippen molar-refractivity contribution in [2.24, 2.45) is 5.92 Å². The molecule has 2 aliphatic rings. The highest BCUT2D eigenvalue weighted by molar-refractivity contribution is 7.99. The van der Waals surface area contributed by atoms with Gasteiger partial charge in [0.25, 0.3) is 5.56 Å². The Balaban J connectivity index is 1.75. The van der Waals surface area contributed by atoms with Crippen molar-refractivity contribution < 1.29 is 4.79 Å². The fraction of sp³-hybridized carbons (Fsp3) is 0.429. The van der Waals surface area contributed by atoms with E-state index in [1.165, 1.54) is 4.90 Å². The Bertz CT molecular complexity index is 907. The monoisotopic (exact) mass is 400 g/mol. The molecule has 1 saturated heterocycles. The van der Waals surface area contributed by atoms with Gasteiger partial charge in [0.2, 0.25) is 5.91 Å². The quantitative estimate of drug-likeness (QED) is 0.736. The molecule has 4 nitrogen and oxygen atoms in total. The minimum atomic E-state index is 0.0769. The maximum Gasteiger partial charge on any atom is 0.250 e. The first-order valence-electron chi connectivity index (χ1n) is 9.25. The van der Waals surface area contributed by atoms with Crippen LogP contribution in [0.4, 0.5) is 0 Å². The zero-order chi connectivity index (χ0) is 19.0. The van der Waals surface area contributed by atoms with E-state index in [-0.39, 0.29) is 17.4 Å². The molecule has 2 bridgehead atoms. The Kier molecular flexibility index (Phi) is 5.37. The Morgan fingerprint density at radius 2 is 1.85 bits per heavy atom. The van der Waals surface area contributed by atoms with E-state index in [4.69, 9.17) is 0 Å². The van der Waals surface area contributed by atoms with Gasteiger partial charge in [0, 0.05) is 47.8 Å². The fourth-order valence-electron chi connectivity index (χ4n) is 4.45. The number of hydrogen-bond acceptors (Lipinski definition) is 4. The summed E-state index contributed by atoms with van der Waals surface area (Å²) in [5, 5.41) is 0. The number of carbonyl (C=O) groups is 1. The summed E-state index contributed by atoms with van der Waals surface area (Å²) < 4.78 is 1.97. The highest BCUT2D eigenvalue weighted by atomic mass is 32.2. The average molecular weight is 401 g/mol. The van der Waals surface area contributed by atoms with E-state index in [0.29, 0.717) is 18.2 Å². The number of hydrogen-bond donors (Lipinski definition) is 0. The number of amides is 1. The maximum atomic E-state index is 12.6. The summed E-state index contributed by atoms with van der Waals surface area (Å²) in [6.45, 7) is 2.20. The van der Waals surface area contributed by atoms with Crippen molar-refractivity contribution in [3.05, 3.63) is 52.4 Å². The minimum Gasteiger partial charge on any atom is -0.341 e. The van der Waals surface area contributed by atoms with E-state index < -0.39 is 0 Å². The van der Waals surface area contributed by atoms with E-state index in [1.54, 1.807) is 29.6 Å². The van der Waals surface area contributed by atoms with Gasteiger partial charge in [-0.1, -0.05) is 12.1 Å². The number of rotatable bonds is 4. The van der Waals surface area contributed by atoms with Crippen LogP contribution in [0.2, 0.25) is 0 Å². The second-order valence-corrected chi connectivity index (χ2v) is 9.09.